The Labute approximate surface area is 612 Å². The number of likely N-dealkylation sites (tertiary alicyclic amines) is 1. The van der Waals surface area contributed by atoms with E-state index in [0.29, 0.717) is 51.6 Å². The molecule has 3 N–H and O–H groups in total. The minimum absolute atomic E-state index is 0.00822. The zero-order valence-corrected chi connectivity index (χ0v) is 63.4. The summed E-state index contributed by atoms with van der Waals surface area (Å²) >= 11 is 0. The largest absolute Gasteiger partial charge is 0.397 e. The first-order chi connectivity index (χ1) is 49.1. The fourth-order valence-corrected chi connectivity index (χ4v) is 16.8. The van der Waals surface area contributed by atoms with Crippen LogP contribution in [0.2, 0.25) is 0 Å². The Morgan fingerprint density at radius 1 is 0.562 bits per heavy atom. The lowest BCUT2D eigenvalue weighted by molar-refractivity contribution is -0.219. The summed E-state index contributed by atoms with van der Waals surface area (Å²) in [6.45, 7) is 11.8. The van der Waals surface area contributed by atoms with Crippen molar-refractivity contribution < 1.29 is 92.7 Å². The van der Waals surface area contributed by atoms with E-state index in [1.807, 2.05) is 13.8 Å². The van der Waals surface area contributed by atoms with Gasteiger partial charge in [-0.15, -0.1) is 0 Å². The Kier molecular flexibility index (Phi) is 29.1. The van der Waals surface area contributed by atoms with E-state index in [0.717, 1.165) is 19.6 Å². The minimum Gasteiger partial charge on any atom is -0.343 e. The molecule has 3 aliphatic carbocycles. The molecule has 105 heavy (non-hydrogen) atoms. The highest BCUT2D eigenvalue weighted by atomic mass is 19.4. The maximum absolute atomic E-state index is 15.5. The maximum atomic E-state index is 15.5. The number of halogens is 8. The molecule has 0 aromatic rings. The molecule has 4 heterocycles. The SMILES string of the molecule is CC[C@H](C)[C@@H]1NC(=O)[C@H](CC(C)C)N(C)C(=O)C[C@@H](C(=O)N2CCCC2)N(C)C(=O)[C@H]([C@@H](C)CC)N(C)C(=O)C2(CCCC2)NC(=O)[C@@H]2CCCN2C(=O)[C@H](CCC2CC(F)C(C(F)(F)F)C(F)C2)NC(=O)CN(C)C(=O)[C@H](CC2CCC(C(F)(F)F)CC2)N(C)C(=O)[C@@H]2CCN2C(=O)[C@H](C)N(C)C1=O. The van der Waals surface area contributed by atoms with Gasteiger partial charge >= 0.3 is 12.4 Å². The molecule has 0 aromatic heterocycles. The Morgan fingerprint density at radius 2 is 1.15 bits per heavy atom. The van der Waals surface area contributed by atoms with Gasteiger partial charge in [0.05, 0.1) is 18.9 Å². The Balaban J connectivity index is 1.29. The van der Waals surface area contributed by atoms with Gasteiger partial charge in [0, 0.05) is 68.5 Å². The van der Waals surface area contributed by atoms with E-state index < -0.39 is 223 Å². The molecule has 32 heteroatoms. The number of rotatable bonds is 12. The van der Waals surface area contributed by atoms with Gasteiger partial charge in [-0.25, -0.2) is 8.78 Å². The average molecular weight is 1500 g/mol. The van der Waals surface area contributed by atoms with E-state index in [9.17, 15) is 55.1 Å². The van der Waals surface area contributed by atoms with Crippen molar-refractivity contribution in [3.63, 3.8) is 0 Å². The van der Waals surface area contributed by atoms with Crippen molar-refractivity contribution in [2.24, 2.45) is 41.4 Å². The molecule has 24 nitrogen and oxygen atoms in total. The summed E-state index contributed by atoms with van der Waals surface area (Å²) in [7, 11) is 8.02. The topological polar surface area (TPSA) is 270 Å². The van der Waals surface area contributed by atoms with Crippen LogP contribution in [-0.4, -0.2) is 275 Å². The van der Waals surface area contributed by atoms with Crippen LogP contribution in [0, 0.1) is 41.4 Å². The summed E-state index contributed by atoms with van der Waals surface area (Å²) in [5.41, 5.74) is -1.67. The monoisotopic (exact) mass is 1500 g/mol. The Hall–Kier alpha value is -6.92. The van der Waals surface area contributed by atoms with Gasteiger partial charge in [-0.05, 0) is 146 Å². The van der Waals surface area contributed by atoms with Crippen molar-refractivity contribution in [3.8, 4) is 0 Å². The number of fused-ring (bicyclic) bond motifs is 2. The third kappa shape index (κ3) is 19.9. The van der Waals surface area contributed by atoms with E-state index in [-0.39, 0.29) is 96.1 Å². The Morgan fingerprint density at radius 3 is 1.70 bits per heavy atom. The molecule has 0 bridgehead atoms. The van der Waals surface area contributed by atoms with Crippen LogP contribution in [0.25, 0.3) is 0 Å². The molecule has 13 atom stereocenters. The number of carbonyl (C=O) groups excluding carboxylic acids is 12. The van der Waals surface area contributed by atoms with Crippen molar-refractivity contribution >= 4 is 70.9 Å². The van der Waals surface area contributed by atoms with Crippen LogP contribution in [0.15, 0.2) is 0 Å². The second kappa shape index (κ2) is 35.9. The third-order valence-electron chi connectivity index (χ3n) is 24.1. The van der Waals surface area contributed by atoms with Gasteiger partial charge < -0.3 is 60.0 Å². The lowest BCUT2D eigenvalue weighted by Crippen LogP contribution is -2.65. The Bertz CT molecular complexity index is 3120. The highest BCUT2D eigenvalue weighted by Crippen LogP contribution is 2.45. The van der Waals surface area contributed by atoms with Crippen LogP contribution >= 0.6 is 0 Å². The van der Waals surface area contributed by atoms with E-state index in [4.69, 9.17) is 0 Å². The molecule has 7 aliphatic rings. The predicted octanol–water partition coefficient (Wildman–Crippen LogP) is 6.56. The van der Waals surface area contributed by atoms with Crippen molar-refractivity contribution in [3.05, 3.63) is 0 Å². The number of hydrogen-bond donors (Lipinski definition) is 3. The van der Waals surface area contributed by atoms with Gasteiger partial charge in [-0.3, -0.25) is 57.5 Å². The molecule has 0 radical (unpaired) electrons. The fraction of sp³-hybridized carbons (Fsp3) is 0.836. The summed E-state index contributed by atoms with van der Waals surface area (Å²) in [5, 5.41) is 8.45. The molecule has 4 saturated heterocycles. The summed E-state index contributed by atoms with van der Waals surface area (Å²) in [6.07, 6.45) is -15.1. The first-order valence-electron chi connectivity index (χ1n) is 37.9. The zero-order chi connectivity index (χ0) is 78.2. The highest BCUT2D eigenvalue weighted by molar-refractivity contribution is 6.01. The molecule has 7 rings (SSSR count). The molecular formula is C73H114F8N12O12. The standard InChI is InChI=1S/C73H114F8N12O12/c1-14-42(5)59-68(103)86(9)44(7)63(98)93-34-28-52(93)66(101)88(11)54(38-45-22-25-47(26-23-45)72(76,77)78)65(100)85(8)40-56(94)82-50(27-24-46-36-48(74)58(49(75)37-46)73(79,80)81)64(99)92-33-20-21-51(92)62(97)84-71(29-16-17-30-71)70(105)90(13)60(43(6)15-2)69(104)89(12)55(67(102)91-31-18-19-32-91)39-57(95)87(10)53(35-41(3)4)61(96)83-59/h41-55,58-60H,14-40H2,1-13H3,(H,82,94)(H,83,96)(H,84,97)/t42-,43-,44-,45?,46?,47?,48?,49?,50-,51-,52-,53-,54-,55-,58?,59-,60-/m0/s1. The lowest BCUT2D eigenvalue weighted by atomic mass is 9.76. The van der Waals surface area contributed by atoms with Crippen molar-refractivity contribution in [1.82, 2.24) is 60.0 Å². The number of carbonyl (C=O) groups is 12. The lowest BCUT2D eigenvalue weighted by Gasteiger charge is -2.45. The van der Waals surface area contributed by atoms with Crippen LogP contribution in [0.5, 0.6) is 0 Å². The first-order valence-corrected chi connectivity index (χ1v) is 37.9. The van der Waals surface area contributed by atoms with Crippen LogP contribution in [-0.2, 0) is 57.5 Å². The minimum atomic E-state index is -5.20. The van der Waals surface area contributed by atoms with Gasteiger partial charge in [0.15, 0.2) is 0 Å². The third-order valence-corrected chi connectivity index (χ3v) is 24.1. The molecule has 4 aliphatic heterocycles. The number of nitrogens with one attached hydrogen (secondary N) is 3. The number of hydrogen-bond acceptors (Lipinski definition) is 12. The van der Waals surface area contributed by atoms with Crippen molar-refractivity contribution in [2.45, 2.75) is 274 Å². The fourth-order valence-electron chi connectivity index (χ4n) is 16.8. The number of nitrogens with zero attached hydrogens (tertiary/aromatic N) is 9. The summed E-state index contributed by atoms with van der Waals surface area (Å²) in [5.74, 6) is -16.6. The highest BCUT2D eigenvalue weighted by Gasteiger charge is 2.56. The quantitative estimate of drug-likeness (QED) is 0.175. The van der Waals surface area contributed by atoms with Gasteiger partial charge in [0.25, 0.3) is 0 Å². The van der Waals surface area contributed by atoms with Crippen molar-refractivity contribution in [2.75, 3.05) is 75.0 Å². The predicted molar refractivity (Wildman–Crippen MR) is 370 cm³/mol. The normalized spacial score (nSPS) is 32.3. The van der Waals surface area contributed by atoms with E-state index >= 15 is 37.5 Å². The smallest absolute Gasteiger partial charge is 0.343 e. The number of amides is 12. The molecule has 1 spiro atoms. The molecule has 594 valence electrons. The van der Waals surface area contributed by atoms with Crippen LogP contribution < -0.4 is 16.0 Å². The average Bonchev–Trinajstić information content (AvgIpc) is 1.64. The van der Waals surface area contributed by atoms with Crippen LogP contribution in [0.1, 0.15) is 190 Å². The second-order valence-electron chi connectivity index (χ2n) is 31.7. The number of likely N-dealkylation sites (N-methyl/N-ethyl adjacent to an activating group) is 6. The van der Waals surface area contributed by atoms with Gasteiger partial charge in [0.1, 0.15) is 78.2 Å². The summed E-state index contributed by atoms with van der Waals surface area (Å²) in [6, 6.07) is -12.3. The number of alkyl halides is 8. The summed E-state index contributed by atoms with van der Waals surface area (Å²) in [4.78, 5) is 191. The van der Waals surface area contributed by atoms with E-state index in [1.54, 1.807) is 32.6 Å². The van der Waals surface area contributed by atoms with Gasteiger partial charge in [0.2, 0.25) is 70.9 Å². The van der Waals surface area contributed by atoms with Gasteiger partial charge in [-0.2, -0.15) is 26.3 Å². The zero-order valence-electron chi connectivity index (χ0n) is 63.4. The first kappa shape index (κ1) is 85.3. The van der Waals surface area contributed by atoms with Gasteiger partial charge in [-0.1, -0.05) is 67.2 Å². The molecule has 7 fully saturated rings. The molecule has 2 unspecified atom stereocenters. The maximum Gasteiger partial charge on any atom is 0.397 e. The molecule has 0 aromatic carbocycles. The molecule has 3 saturated carbocycles. The molecular weight excluding hydrogens is 1390 g/mol. The van der Waals surface area contributed by atoms with Crippen molar-refractivity contribution in [1.29, 1.82) is 0 Å². The molecule has 12 amide bonds. The van der Waals surface area contributed by atoms with Crippen LogP contribution in [0.3, 0.4) is 0 Å². The summed E-state index contributed by atoms with van der Waals surface area (Å²) < 4.78 is 114. The van der Waals surface area contributed by atoms with E-state index in [2.05, 4.69) is 16.0 Å². The van der Waals surface area contributed by atoms with E-state index in [1.165, 1.54) is 68.8 Å². The van der Waals surface area contributed by atoms with Crippen LogP contribution in [0.4, 0.5) is 35.1 Å². The second-order valence-corrected chi connectivity index (χ2v) is 31.7.